The second-order valence-electron chi connectivity index (χ2n) is 4.67. The predicted octanol–water partition coefficient (Wildman–Crippen LogP) is 5.13. The van der Waals surface area contributed by atoms with Crippen molar-refractivity contribution in [1.82, 2.24) is 4.98 Å². The van der Waals surface area contributed by atoms with Gasteiger partial charge in [0.05, 0.1) is 4.47 Å². The van der Waals surface area contributed by atoms with Crippen molar-refractivity contribution in [2.45, 2.75) is 20.3 Å². The number of benzene rings is 2. The molecule has 0 aliphatic carbocycles. The topological polar surface area (TPSA) is 26.0 Å². The minimum absolute atomic E-state index is 0.674. The van der Waals surface area contributed by atoms with E-state index in [-0.39, 0.29) is 0 Å². The Bertz CT molecular complexity index is 746. The number of nitrogens with zero attached hydrogens (tertiary/aromatic N) is 1. The van der Waals surface area contributed by atoms with Crippen molar-refractivity contribution in [3.05, 3.63) is 52.0 Å². The van der Waals surface area contributed by atoms with E-state index < -0.39 is 0 Å². The molecule has 19 heavy (non-hydrogen) atoms. The van der Waals surface area contributed by atoms with Crippen LogP contribution in [0.25, 0.3) is 22.6 Å². The second kappa shape index (κ2) is 4.82. The van der Waals surface area contributed by atoms with Crippen LogP contribution >= 0.6 is 15.9 Å². The van der Waals surface area contributed by atoms with E-state index in [0.717, 1.165) is 27.6 Å². The number of aryl methyl sites for hydroxylation is 2. The van der Waals surface area contributed by atoms with E-state index in [9.17, 15) is 0 Å². The SMILES string of the molecule is CCc1cc(Br)c2oc(-c3cccc(C)c3)nc2c1. The first-order valence-electron chi connectivity index (χ1n) is 6.33. The molecule has 0 saturated heterocycles. The lowest BCUT2D eigenvalue weighted by Gasteiger charge is -1.97. The van der Waals surface area contributed by atoms with Crippen molar-refractivity contribution in [3.63, 3.8) is 0 Å². The highest BCUT2D eigenvalue weighted by molar-refractivity contribution is 9.10. The predicted molar refractivity (Wildman–Crippen MR) is 81.3 cm³/mol. The first-order valence-corrected chi connectivity index (χ1v) is 7.12. The van der Waals surface area contributed by atoms with Crippen LogP contribution in [0.15, 0.2) is 45.3 Å². The molecule has 0 aliphatic heterocycles. The van der Waals surface area contributed by atoms with Gasteiger partial charge < -0.3 is 4.42 Å². The van der Waals surface area contributed by atoms with Gasteiger partial charge in [-0.1, -0.05) is 24.6 Å². The average molecular weight is 316 g/mol. The molecule has 0 bridgehead atoms. The average Bonchev–Trinajstić information content (AvgIpc) is 2.83. The molecule has 0 spiro atoms. The Hall–Kier alpha value is -1.61. The number of rotatable bonds is 2. The van der Waals surface area contributed by atoms with Gasteiger partial charge in [-0.05, 0) is 59.1 Å². The van der Waals surface area contributed by atoms with Crippen LogP contribution in [0.5, 0.6) is 0 Å². The fourth-order valence-corrected chi connectivity index (χ4v) is 2.73. The van der Waals surface area contributed by atoms with E-state index in [4.69, 9.17) is 4.42 Å². The molecular formula is C16H14BrNO. The molecule has 3 heteroatoms. The number of hydrogen-bond donors (Lipinski definition) is 0. The van der Waals surface area contributed by atoms with Crippen molar-refractivity contribution >= 4 is 27.0 Å². The smallest absolute Gasteiger partial charge is 0.227 e. The Kier molecular flexibility index (Phi) is 3.15. The van der Waals surface area contributed by atoms with Crippen molar-refractivity contribution in [1.29, 1.82) is 0 Å². The van der Waals surface area contributed by atoms with Crippen LogP contribution in [-0.2, 0) is 6.42 Å². The number of aromatic nitrogens is 1. The van der Waals surface area contributed by atoms with Gasteiger partial charge >= 0.3 is 0 Å². The first-order chi connectivity index (χ1) is 9.17. The third kappa shape index (κ3) is 2.30. The lowest BCUT2D eigenvalue weighted by Crippen LogP contribution is -1.81. The van der Waals surface area contributed by atoms with E-state index >= 15 is 0 Å². The normalized spacial score (nSPS) is 11.1. The van der Waals surface area contributed by atoms with E-state index in [2.05, 4.69) is 59.0 Å². The van der Waals surface area contributed by atoms with Gasteiger partial charge in [0.1, 0.15) is 5.52 Å². The molecule has 2 nitrogen and oxygen atoms in total. The molecule has 0 aliphatic rings. The van der Waals surface area contributed by atoms with Gasteiger partial charge in [-0.15, -0.1) is 0 Å². The van der Waals surface area contributed by atoms with Crippen LogP contribution in [0.1, 0.15) is 18.1 Å². The van der Waals surface area contributed by atoms with Crippen molar-refractivity contribution in [2.75, 3.05) is 0 Å². The Morgan fingerprint density at radius 1 is 1.21 bits per heavy atom. The quantitative estimate of drug-likeness (QED) is 0.655. The zero-order valence-corrected chi connectivity index (χ0v) is 12.5. The molecule has 3 rings (SSSR count). The highest BCUT2D eigenvalue weighted by Crippen LogP contribution is 2.31. The van der Waals surface area contributed by atoms with Crippen LogP contribution in [0.2, 0.25) is 0 Å². The van der Waals surface area contributed by atoms with Gasteiger partial charge in [0.25, 0.3) is 0 Å². The fraction of sp³-hybridized carbons (Fsp3) is 0.188. The summed E-state index contributed by atoms with van der Waals surface area (Å²) < 4.78 is 6.85. The third-order valence-corrected chi connectivity index (χ3v) is 3.77. The Morgan fingerprint density at radius 3 is 2.79 bits per heavy atom. The standard InChI is InChI=1S/C16H14BrNO/c1-3-11-8-13(17)15-14(9-11)18-16(19-15)12-6-4-5-10(2)7-12/h4-9H,3H2,1-2H3. The molecule has 0 atom stereocenters. The summed E-state index contributed by atoms with van der Waals surface area (Å²) in [5.41, 5.74) is 5.19. The van der Waals surface area contributed by atoms with Crippen molar-refractivity contribution in [2.24, 2.45) is 0 Å². The van der Waals surface area contributed by atoms with Crippen LogP contribution < -0.4 is 0 Å². The summed E-state index contributed by atoms with van der Waals surface area (Å²) in [7, 11) is 0. The summed E-state index contributed by atoms with van der Waals surface area (Å²) in [6.45, 7) is 4.20. The van der Waals surface area contributed by atoms with Crippen molar-refractivity contribution in [3.8, 4) is 11.5 Å². The summed E-state index contributed by atoms with van der Waals surface area (Å²) in [5.74, 6) is 0.674. The van der Waals surface area contributed by atoms with Gasteiger partial charge in [0, 0.05) is 5.56 Å². The molecule has 0 saturated carbocycles. The van der Waals surface area contributed by atoms with Gasteiger partial charge in [0.2, 0.25) is 5.89 Å². The van der Waals surface area contributed by atoms with Gasteiger partial charge in [-0.3, -0.25) is 0 Å². The minimum atomic E-state index is 0.674. The highest BCUT2D eigenvalue weighted by Gasteiger charge is 2.11. The molecule has 0 amide bonds. The van der Waals surface area contributed by atoms with E-state index in [1.54, 1.807) is 0 Å². The second-order valence-corrected chi connectivity index (χ2v) is 5.52. The molecule has 96 valence electrons. The maximum absolute atomic E-state index is 5.88. The first kappa shape index (κ1) is 12.4. The molecule has 1 heterocycles. The molecule has 0 fully saturated rings. The van der Waals surface area contributed by atoms with Gasteiger partial charge in [-0.2, -0.15) is 0 Å². The molecule has 3 aromatic rings. The largest absolute Gasteiger partial charge is 0.435 e. The molecular weight excluding hydrogens is 302 g/mol. The van der Waals surface area contributed by atoms with Crippen molar-refractivity contribution < 1.29 is 4.42 Å². The molecule has 0 N–H and O–H groups in total. The molecule has 2 aromatic carbocycles. The van der Waals surface area contributed by atoms with Crippen LogP contribution in [0, 0.1) is 6.92 Å². The van der Waals surface area contributed by atoms with E-state index in [1.807, 2.05) is 12.1 Å². The summed E-state index contributed by atoms with van der Waals surface area (Å²) in [6, 6.07) is 12.4. The lowest BCUT2D eigenvalue weighted by atomic mass is 10.1. The fourth-order valence-electron chi connectivity index (χ4n) is 2.15. The third-order valence-electron chi connectivity index (χ3n) is 3.18. The Labute approximate surface area is 120 Å². The number of fused-ring (bicyclic) bond motifs is 1. The van der Waals surface area contributed by atoms with Gasteiger partial charge in [-0.25, -0.2) is 4.98 Å². The number of hydrogen-bond acceptors (Lipinski definition) is 2. The molecule has 0 radical (unpaired) electrons. The van der Waals surface area contributed by atoms with Crippen LogP contribution in [0.3, 0.4) is 0 Å². The van der Waals surface area contributed by atoms with Gasteiger partial charge in [0.15, 0.2) is 5.58 Å². The minimum Gasteiger partial charge on any atom is -0.435 e. The summed E-state index contributed by atoms with van der Waals surface area (Å²) in [4.78, 5) is 4.60. The summed E-state index contributed by atoms with van der Waals surface area (Å²) in [6.07, 6.45) is 0.987. The Balaban J connectivity index is 2.19. The lowest BCUT2D eigenvalue weighted by molar-refractivity contribution is 0.618. The number of oxazole rings is 1. The number of halogens is 1. The zero-order chi connectivity index (χ0) is 13.4. The molecule has 1 aromatic heterocycles. The summed E-state index contributed by atoms with van der Waals surface area (Å²) in [5, 5.41) is 0. The van der Waals surface area contributed by atoms with Crippen LogP contribution in [-0.4, -0.2) is 4.98 Å². The van der Waals surface area contributed by atoms with E-state index in [1.165, 1.54) is 11.1 Å². The van der Waals surface area contributed by atoms with Crippen LogP contribution in [0.4, 0.5) is 0 Å². The Morgan fingerprint density at radius 2 is 2.05 bits per heavy atom. The monoisotopic (exact) mass is 315 g/mol. The zero-order valence-electron chi connectivity index (χ0n) is 10.9. The highest BCUT2D eigenvalue weighted by atomic mass is 79.9. The maximum Gasteiger partial charge on any atom is 0.227 e. The summed E-state index contributed by atoms with van der Waals surface area (Å²) >= 11 is 3.56. The maximum atomic E-state index is 5.88. The van der Waals surface area contributed by atoms with E-state index in [0.29, 0.717) is 5.89 Å². The molecule has 0 unspecified atom stereocenters.